The van der Waals surface area contributed by atoms with Gasteiger partial charge in [0.05, 0.1) is 0 Å². The number of hydrazine groups is 1. The Balaban J connectivity index is 1.54. The van der Waals surface area contributed by atoms with Crippen LogP contribution in [0.4, 0.5) is 19.0 Å². The molecule has 1 unspecified atom stereocenters. The number of amides is 1. The fourth-order valence-electron chi connectivity index (χ4n) is 2.91. The van der Waals surface area contributed by atoms with Crippen LogP contribution in [-0.4, -0.2) is 47.6 Å². The first-order valence-electron chi connectivity index (χ1n) is 7.86. The third-order valence-corrected chi connectivity index (χ3v) is 4.26. The van der Waals surface area contributed by atoms with Gasteiger partial charge in [-0.25, -0.2) is 15.4 Å². The number of nitrogens with zero attached hydrogens (tertiary/aromatic N) is 3. The first kappa shape index (κ1) is 16.9. The van der Waals surface area contributed by atoms with Crippen LogP contribution >= 0.6 is 0 Å². The van der Waals surface area contributed by atoms with Crippen molar-refractivity contribution in [3.8, 4) is 0 Å². The highest BCUT2D eigenvalue weighted by molar-refractivity contribution is 5.82. The average molecular weight is 344 g/mol. The number of carbonyl (C=O) groups is 1. The molecule has 7 nitrogen and oxygen atoms in total. The Bertz CT molecular complexity index is 582. The van der Waals surface area contributed by atoms with Gasteiger partial charge in [0.2, 0.25) is 5.91 Å². The van der Waals surface area contributed by atoms with E-state index in [4.69, 9.17) is 0 Å². The Morgan fingerprint density at radius 1 is 1.25 bits per heavy atom. The topological polar surface area (TPSA) is 82.2 Å². The maximum atomic E-state index is 12.7. The molecular formula is C14H19F3N6O. The van der Waals surface area contributed by atoms with E-state index in [0.29, 0.717) is 25.9 Å². The van der Waals surface area contributed by atoms with Crippen LogP contribution in [0, 0.1) is 0 Å². The average Bonchev–Trinajstić information content (AvgIpc) is 3.09. The van der Waals surface area contributed by atoms with E-state index in [9.17, 15) is 18.0 Å². The third-order valence-electron chi connectivity index (χ3n) is 4.26. The summed E-state index contributed by atoms with van der Waals surface area (Å²) in [4.78, 5) is 21.0. The number of hydrogen-bond donors (Lipinski definition) is 3. The predicted octanol–water partition coefficient (Wildman–Crippen LogP) is 0.447. The lowest BCUT2D eigenvalue weighted by Crippen LogP contribution is -2.50. The maximum Gasteiger partial charge on any atom is 0.433 e. The molecule has 2 aliphatic rings. The molecule has 0 spiro atoms. The normalized spacial score (nSPS) is 22.6. The zero-order chi connectivity index (χ0) is 17.2. The van der Waals surface area contributed by atoms with Crippen LogP contribution in [0.1, 0.15) is 25.0 Å². The van der Waals surface area contributed by atoms with Crippen LogP contribution in [0.15, 0.2) is 12.4 Å². The van der Waals surface area contributed by atoms with Crippen molar-refractivity contribution in [1.29, 1.82) is 0 Å². The standard InChI is InChI=1S/C14H19F3N6O/c15-14(16,17)11-7-12(19-8-18-11)23-5-2-9(3-6-23)21-13(24)10-1-4-20-22-10/h7-10,20,22H,1-6H2,(H,21,24). The number of piperidine rings is 1. The number of nitrogens with one attached hydrogen (secondary N) is 3. The van der Waals surface area contributed by atoms with Crippen molar-refractivity contribution in [2.24, 2.45) is 0 Å². The second-order valence-electron chi connectivity index (χ2n) is 5.94. The summed E-state index contributed by atoms with van der Waals surface area (Å²) in [5.41, 5.74) is 4.87. The van der Waals surface area contributed by atoms with Crippen molar-refractivity contribution in [1.82, 2.24) is 26.1 Å². The molecule has 132 valence electrons. The lowest BCUT2D eigenvalue weighted by Gasteiger charge is -2.33. The second-order valence-corrected chi connectivity index (χ2v) is 5.94. The van der Waals surface area contributed by atoms with Gasteiger partial charge in [-0.05, 0) is 19.3 Å². The molecule has 1 amide bonds. The number of halogens is 3. The van der Waals surface area contributed by atoms with E-state index in [2.05, 4.69) is 26.1 Å². The van der Waals surface area contributed by atoms with Crippen molar-refractivity contribution in [2.45, 2.75) is 37.5 Å². The highest BCUT2D eigenvalue weighted by Crippen LogP contribution is 2.29. The number of rotatable bonds is 3. The summed E-state index contributed by atoms with van der Waals surface area (Å²) in [6.07, 6.45) is -1.47. The van der Waals surface area contributed by atoms with E-state index in [1.165, 1.54) is 0 Å². The molecule has 24 heavy (non-hydrogen) atoms. The number of alkyl halides is 3. The summed E-state index contributed by atoms with van der Waals surface area (Å²) in [5, 5.41) is 2.99. The molecule has 3 rings (SSSR count). The molecule has 3 N–H and O–H groups in total. The summed E-state index contributed by atoms with van der Waals surface area (Å²) in [6.45, 7) is 1.83. The van der Waals surface area contributed by atoms with Gasteiger partial charge >= 0.3 is 6.18 Å². The number of carbonyl (C=O) groups excluding carboxylic acids is 1. The maximum absolute atomic E-state index is 12.7. The lowest BCUT2D eigenvalue weighted by atomic mass is 10.0. The Morgan fingerprint density at radius 3 is 2.62 bits per heavy atom. The van der Waals surface area contributed by atoms with E-state index < -0.39 is 11.9 Å². The first-order chi connectivity index (χ1) is 11.4. The molecule has 0 saturated carbocycles. The highest BCUT2D eigenvalue weighted by Gasteiger charge is 2.34. The highest BCUT2D eigenvalue weighted by atomic mass is 19.4. The Labute approximate surface area is 137 Å². The minimum absolute atomic E-state index is 0.0278. The molecule has 2 aliphatic heterocycles. The summed E-state index contributed by atoms with van der Waals surface area (Å²) >= 11 is 0. The summed E-state index contributed by atoms with van der Waals surface area (Å²) in [5.74, 6) is 0.226. The van der Waals surface area contributed by atoms with Crippen molar-refractivity contribution in [3.05, 3.63) is 18.1 Å². The Kier molecular flexibility index (Phi) is 4.86. The monoisotopic (exact) mass is 344 g/mol. The van der Waals surface area contributed by atoms with Crippen molar-refractivity contribution >= 4 is 11.7 Å². The van der Waals surface area contributed by atoms with Crippen molar-refractivity contribution in [3.63, 3.8) is 0 Å². The minimum atomic E-state index is -4.48. The SMILES string of the molecule is O=C(NC1CCN(c2cc(C(F)(F)F)ncn2)CC1)C1CCNN1. The smallest absolute Gasteiger partial charge is 0.356 e. The summed E-state index contributed by atoms with van der Waals surface area (Å²) < 4.78 is 38.2. The molecule has 10 heteroatoms. The molecule has 2 fully saturated rings. The Hall–Kier alpha value is -1.94. The van der Waals surface area contributed by atoms with Gasteiger partial charge in [-0.3, -0.25) is 10.2 Å². The van der Waals surface area contributed by atoms with Gasteiger partial charge in [-0.15, -0.1) is 0 Å². The minimum Gasteiger partial charge on any atom is -0.356 e. The molecule has 2 saturated heterocycles. The zero-order valence-corrected chi connectivity index (χ0v) is 12.9. The van der Waals surface area contributed by atoms with Gasteiger partial charge in [0.15, 0.2) is 0 Å². The van der Waals surface area contributed by atoms with Gasteiger partial charge in [0.25, 0.3) is 0 Å². The van der Waals surface area contributed by atoms with Crippen LogP contribution in [0.25, 0.3) is 0 Å². The fraction of sp³-hybridized carbons (Fsp3) is 0.643. The van der Waals surface area contributed by atoms with Crippen LogP contribution in [0.5, 0.6) is 0 Å². The number of aromatic nitrogens is 2. The third kappa shape index (κ3) is 3.93. The summed E-state index contributed by atoms with van der Waals surface area (Å²) in [6, 6.07) is 0.770. The molecule has 0 aliphatic carbocycles. The van der Waals surface area contributed by atoms with E-state index in [1.54, 1.807) is 4.90 Å². The molecule has 3 heterocycles. The largest absolute Gasteiger partial charge is 0.433 e. The zero-order valence-electron chi connectivity index (χ0n) is 12.9. The number of hydrogen-bond acceptors (Lipinski definition) is 6. The molecule has 0 aromatic carbocycles. The first-order valence-corrected chi connectivity index (χ1v) is 7.86. The van der Waals surface area contributed by atoms with Crippen LogP contribution in [0.3, 0.4) is 0 Å². The lowest BCUT2D eigenvalue weighted by molar-refractivity contribution is -0.141. The molecule has 0 bridgehead atoms. The molecule has 1 aromatic heterocycles. The van der Waals surface area contributed by atoms with Crippen LogP contribution < -0.4 is 21.1 Å². The van der Waals surface area contributed by atoms with E-state index in [-0.39, 0.29) is 23.8 Å². The van der Waals surface area contributed by atoms with Gasteiger partial charge in [0, 0.05) is 31.7 Å². The predicted molar refractivity (Wildman–Crippen MR) is 80.0 cm³/mol. The Morgan fingerprint density at radius 2 is 2.00 bits per heavy atom. The van der Waals surface area contributed by atoms with Gasteiger partial charge in [-0.1, -0.05) is 0 Å². The van der Waals surface area contributed by atoms with Crippen molar-refractivity contribution in [2.75, 3.05) is 24.5 Å². The number of anilines is 1. The second kappa shape index (κ2) is 6.89. The molecule has 0 radical (unpaired) electrons. The summed E-state index contributed by atoms with van der Waals surface area (Å²) in [7, 11) is 0. The van der Waals surface area contributed by atoms with E-state index >= 15 is 0 Å². The van der Waals surface area contributed by atoms with Crippen LogP contribution in [-0.2, 0) is 11.0 Å². The molecular weight excluding hydrogens is 325 g/mol. The van der Waals surface area contributed by atoms with Gasteiger partial charge in [0.1, 0.15) is 23.9 Å². The van der Waals surface area contributed by atoms with Crippen molar-refractivity contribution < 1.29 is 18.0 Å². The van der Waals surface area contributed by atoms with E-state index in [1.807, 2.05) is 0 Å². The van der Waals surface area contributed by atoms with Gasteiger partial charge in [-0.2, -0.15) is 13.2 Å². The molecule has 1 aromatic rings. The van der Waals surface area contributed by atoms with E-state index in [0.717, 1.165) is 25.4 Å². The molecule has 1 atom stereocenters. The van der Waals surface area contributed by atoms with Gasteiger partial charge < -0.3 is 10.2 Å². The van der Waals surface area contributed by atoms with Crippen LogP contribution in [0.2, 0.25) is 0 Å². The fourth-order valence-corrected chi connectivity index (χ4v) is 2.91. The quantitative estimate of drug-likeness (QED) is 0.739.